The molecule has 1 saturated carbocycles. The number of benzene rings is 1. The maximum atomic E-state index is 12.9. The van der Waals surface area contributed by atoms with Crippen molar-refractivity contribution in [2.45, 2.75) is 45.1 Å². The highest BCUT2D eigenvalue weighted by Gasteiger charge is 2.46. The minimum atomic E-state index is 0.185. The SMILES string of the molecule is Cc1cccc([C@@H]2C[C@@H]2C(=O)N2CCC[C@H](n3cc(C)cn3)C2)c1. The summed E-state index contributed by atoms with van der Waals surface area (Å²) < 4.78 is 2.04. The number of carbonyl (C=O) groups is 1. The topological polar surface area (TPSA) is 38.1 Å². The second kappa shape index (κ2) is 6.08. The van der Waals surface area contributed by atoms with Crippen molar-refractivity contribution in [1.82, 2.24) is 14.7 Å². The van der Waals surface area contributed by atoms with Crippen molar-refractivity contribution in [3.05, 3.63) is 53.3 Å². The molecule has 0 unspecified atom stereocenters. The molecule has 2 heterocycles. The molecule has 24 heavy (non-hydrogen) atoms. The van der Waals surface area contributed by atoms with Gasteiger partial charge in [-0.3, -0.25) is 9.48 Å². The summed E-state index contributed by atoms with van der Waals surface area (Å²) >= 11 is 0. The van der Waals surface area contributed by atoms with Gasteiger partial charge in [0.1, 0.15) is 0 Å². The zero-order valence-electron chi connectivity index (χ0n) is 14.5. The van der Waals surface area contributed by atoms with Gasteiger partial charge in [0, 0.05) is 25.2 Å². The molecule has 0 radical (unpaired) electrons. The van der Waals surface area contributed by atoms with Gasteiger partial charge >= 0.3 is 0 Å². The van der Waals surface area contributed by atoms with Crippen LogP contribution in [0.2, 0.25) is 0 Å². The number of carbonyl (C=O) groups excluding carboxylic acids is 1. The molecule has 2 aromatic rings. The van der Waals surface area contributed by atoms with Gasteiger partial charge in [-0.1, -0.05) is 29.8 Å². The molecule has 3 atom stereocenters. The molecule has 4 heteroatoms. The molecule has 1 aliphatic carbocycles. The van der Waals surface area contributed by atoms with E-state index in [2.05, 4.69) is 54.3 Å². The Hall–Kier alpha value is -2.10. The summed E-state index contributed by atoms with van der Waals surface area (Å²) in [7, 11) is 0. The van der Waals surface area contributed by atoms with Gasteiger partial charge in [-0.2, -0.15) is 5.10 Å². The van der Waals surface area contributed by atoms with Crippen LogP contribution in [-0.2, 0) is 4.79 Å². The zero-order chi connectivity index (χ0) is 16.7. The minimum Gasteiger partial charge on any atom is -0.340 e. The molecule has 0 spiro atoms. The first-order valence-electron chi connectivity index (χ1n) is 8.98. The average Bonchev–Trinajstić information content (AvgIpc) is 3.28. The largest absolute Gasteiger partial charge is 0.340 e. The van der Waals surface area contributed by atoms with Gasteiger partial charge in [-0.15, -0.1) is 0 Å². The quantitative estimate of drug-likeness (QED) is 0.867. The number of piperidine rings is 1. The fourth-order valence-corrected chi connectivity index (χ4v) is 3.98. The van der Waals surface area contributed by atoms with E-state index < -0.39 is 0 Å². The molecule has 1 aromatic heterocycles. The standard InChI is InChI=1S/C20H25N3O/c1-14-5-3-6-16(9-14)18-10-19(18)20(24)22-8-4-7-17(13-22)23-12-15(2)11-21-23/h3,5-6,9,11-12,17-19H,4,7-8,10,13H2,1-2H3/t17-,18-,19-/m0/s1. The van der Waals surface area contributed by atoms with E-state index in [4.69, 9.17) is 0 Å². The highest BCUT2D eigenvalue weighted by molar-refractivity contribution is 5.83. The zero-order valence-corrected chi connectivity index (χ0v) is 14.5. The summed E-state index contributed by atoms with van der Waals surface area (Å²) in [6, 6.07) is 8.93. The molecule has 1 aliphatic heterocycles. The number of nitrogens with zero attached hydrogens (tertiary/aromatic N) is 3. The Morgan fingerprint density at radius 2 is 2.12 bits per heavy atom. The van der Waals surface area contributed by atoms with Gasteiger partial charge < -0.3 is 4.90 Å². The predicted molar refractivity (Wildman–Crippen MR) is 93.8 cm³/mol. The van der Waals surface area contributed by atoms with Crippen LogP contribution in [0.25, 0.3) is 0 Å². The summed E-state index contributed by atoms with van der Waals surface area (Å²) in [6.45, 7) is 5.87. The first kappa shape index (κ1) is 15.4. The second-order valence-corrected chi connectivity index (χ2v) is 7.44. The van der Waals surface area contributed by atoms with Crippen molar-refractivity contribution in [2.75, 3.05) is 13.1 Å². The number of hydrogen-bond acceptors (Lipinski definition) is 2. The van der Waals surface area contributed by atoms with E-state index >= 15 is 0 Å². The summed E-state index contributed by atoms with van der Waals surface area (Å²) in [4.78, 5) is 15.0. The van der Waals surface area contributed by atoms with Gasteiger partial charge in [-0.05, 0) is 50.2 Å². The van der Waals surface area contributed by atoms with Gasteiger partial charge in [0.15, 0.2) is 0 Å². The highest BCUT2D eigenvalue weighted by atomic mass is 16.2. The molecule has 1 amide bonds. The number of aryl methyl sites for hydroxylation is 2. The lowest BCUT2D eigenvalue weighted by Gasteiger charge is -2.33. The number of amides is 1. The van der Waals surface area contributed by atoms with Crippen molar-refractivity contribution in [2.24, 2.45) is 5.92 Å². The Bertz CT molecular complexity index is 751. The van der Waals surface area contributed by atoms with Crippen LogP contribution in [0.1, 0.15) is 47.9 Å². The van der Waals surface area contributed by atoms with Crippen LogP contribution in [0.3, 0.4) is 0 Å². The van der Waals surface area contributed by atoms with E-state index in [0.29, 0.717) is 17.9 Å². The molecule has 126 valence electrons. The Labute approximate surface area is 143 Å². The fraction of sp³-hybridized carbons (Fsp3) is 0.500. The highest BCUT2D eigenvalue weighted by Crippen LogP contribution is 2.49. The van der Waals surface area contributed by atoms with Crippen LogP contribution >= 0.6 is 0 Å². The van der Waals surface area contributed by atoms with Crippen LogP contribution < -0.4 is 0 Å². The van der Waals surface area contributed by atoms with E-state index in [-0.39, 0.29) is 5.92 Å². The third-order valence-corrected chi connectivity index (χ3v) is 5.39. The van der Waals surface area contributed by atoms with Gasteiger partial charge in [-0.25, -0.2) is 0 Å². The molecule has 1 aromatic carbocycles. The first-order valence-corrected chi connectivity index (χ1v) is 8.98. The number of aromatic nitrogens is 2. The summed E-state index contributed by atoms with van der Waals surface area (Å²) in [6.07, 6.45) is 7.17. The van der Waals surface area contributed by atoms with E-state index in [0.717, 1.165) is 32.4 Å². The molecule has 2 aliphatic rings. The van der Waals surface area contributed by atoms with Crippen LogP contribution in [-0.4, -0.2) is 33.7 Å². The van der Waals surface area contributed by atoms with Crippen molar-refractivity contribution >= 4 is 5.91 Å². The van der Waals surface area contributed by atoms with Gasteiger partial charge in [0.25, 0.3) is 0 Å². The Kier molecular flexibility index (Phi) is 3.91. The molecule has 4 nitrogen and oxygen atoms in total. The molecule has 1 saturated heterocycles. The Morgan fingerprint density at radius 1 is 1.25 bits per heavy atom. The normalized spacial score (nSPS) is 26.4. The van der Waals surface area contributed by atoms with E-state index in [1.54, 1.807) is 0 Å². The number of likely N-dealkylation sites (tertiary alicyclic amines) is 1. The molecule has 2 fully saturated rings. The average molecular weight is 323 g/mol. The van der Waals surface area contributed by atoms with E-state index in [1.165, 1.54) is 16.7 Å². The van der Waals surface area contributed by atoms with Gasteiger partial charge in [0.2, 0.25) is 5.91 Å². The maximum Gasteiger partial charge on any atom is 0.226 e. The van der Waals surface area contributed by atoms with Crippen molar-refractivity contribution < 1.29 is 4.79 Å². The lowest BCUT2D eigenvalue weighted by molar-refractivity contribution is -0.134. The van der Waals surface area contributed by atoms with Crippen LogP contribution in [0, 0.1) is 19.8 Å². The maximum absolute atomic E-state index is 12.9. The van der Waals surface area contributed by atoms with Crippen LogP contribution in [0.5, 0.6) is 0 Å². The minimum absolute atomic E-state index is 0.185. The third-order valence-electron chi connectivity index (χ3n) is 5.39. The van der Waals surface area contributed by atoms with Crippen molar-refractivity contribution in [3.63, 3.8) is 0 Å². The molecule has 0 bridgehead atoms. The monoisotopic (exact) mass is 323 g/mol. The van der Waals surface area contributed by atoms with E-state index in [1.807, 2.05) is 10.9 Å². The molecule has 0 N–H and O–H groups in total. The van der Waals surface area contributed by atoms with Gasteiger partial charge in [0.05, 0.1) is 12.2 Å². The summed E-state index contributed by atoms with van der Waals surface area (Å²) in [5.41, 5.74) is 3.78. The first-order chi connectivity index (χ1) is 11.6. The Morgan fingerprint density at radius 3 is 2.88 bits per heavy atom. The van der Waals surface area contributed by atoms with E-state index in [9.17, 15) is 4.79 Å². The summed E-state index contributed by atoms with van der Waals surface area (Å²) in [5, 5.41) is 4.44. The molecular weight excluding hydrogens is 298 g/mol. The lowest BCUT2D eigenvalue weighted by Crippen LogP contribution is -2.41. The van der Waals surface area contributed by atoms with Crippen LogP contribution in [0.15, 0.2) is 36.7 Å². The predicted octanol–water partition coefficient (Wildman–Crippen LogP) is 3.47. The molecule has 4 rings (SSSR count). The summed E-state index contributed by atoms with van der Waals surface area (Å²) in [5.74, 6) is 0.949. The fourth-order valence-electron chi connectivity index (χ4n) is 3.98. The number of hydrogen-bond donors (Lipinski definition) is 0. The van der Waals surface area contributed by atoms with Crippen molar-refractivity contribution in [3.8, 4) is 0 Å². The smallest absolute Gasteiger partial charge is 0.226 e. The Balaban J connectivity index is 1.42. The van der Waals surface area contributed by atoms with Crippen LogP contribution in [0.4, 0.5) is 0 Å². The van der Waals surface area contributed by atoms with Crippen molar-refractivity contribution in [1.29, 1.82) is 0 Å². The number of rotatable bonds is 3. The lowest BCUT2D eigenvalue weighted by atomic mass is 10.0. The third kappa shape index (κ3) is 2.97. The molecular formula is C20H25N3O. The second-order valence-electron chi connectivity index (χ2n) is 7.44.